The maximum Gasteiger partial charge on any atom is 0.347 e. The topological polar surface area (TPSA) is 429 Å². The molecule has 0 aromatic heterocycles. The number of benzene rings is 4. The van der Waals surface area contributed by atoms with Crippen molar-refractivity contribution in [1.29, 1.82) is 0 Å². The average molecular weight is 1660 g/mol. The molecule has 7 aliphatic rings. The third-order valence-corrected chi connectivity index (χ3v) is 24.1. The van der Waals surface area contributed by atoms with Crippen molar-refractivity contribution in [2.75, 3.05) is 84.8 Å². The number of nitrogens with one attached hydrogen (secondary N) is 2. The fourth-order valence-electron chi connectivity index (χ4n) is 16.7. The molecule has 2 fully saturated rings. The van der Waals surface area contributed by atoms with Crippen LogP contribution in [0.5, 0.6) is 40.2 Å². The van der Waals surface area contributed by atoms with Gasteiger partial charge in [-0.1, -0.05) is 106 Å². The van der Waals surface area contributed by atoms with Crippen LogP contribution in [0.3, 0.4) is 0 Å². The van der Waals surface area contributed by atoms with Crippen LogP contribution >= 0.6 is 0 Å². The maximum absolute atomic E-state index is 14.7. The molecule has 11 rings (SSSR count). The first-order valence-electron chi connectivity index (χ1n) is 40.5. The van der Waals surface area contributed by atoms with Crippen LogP contribution in [0.15, 0.2) is 87.4 Å². The molecule has 7 aliphatic heterocycles. The highest BCUT2D eigenvalue weighted by atomic mass is 16.7. The summed E-state index contributed by atoms with van der Waals surface area (Å²) >= 11 is 0. The molecule has 2 saturated heterocycles. The van der Waals surface area contributed by atoms with Crippen molar-refractivity contribution in [3.05, 3.63) is 111 Å². The van der Waals surface area contributed by atoms with Crippen LogP contribution in [-0.4, -0.2) is 237 Å². The Morgan fingerprint density at radius 3 is 1.57 bits per heavy atom. The minimum Gasteiger partial charge on any atom is -0.507 e. The number of likely N-dealkylation sites (tertiary alicyclic amines) is 1. The number of aliphatic hydroxyl groups excluding tert-OH is 4. The number of hydrogen-bond donors (Lipinski definition) is 11. The fourth-order valence-corrected chi connectivity index (χ4v) is 16.7. The number of hydrogen-bond acceptors (Lipinski definition) is 29. The van der Waals surface area contributed by atoms with Gasteiger partial charge in [-0.2, -0.15) is 5.10 Å². The van der Waals surface area contributed by atoms with Crippen LogP contribution in [0.4, 0.5) is 11.4 Å². The quantitative estimate of drug-likeness (QED) is 0.0245. The minimum absolute atomic E-state index is 0.0224. The smallest absolute Gasteiger partial charge is 0.347 e. The Labute approximate surface area is 694 Å². The SMILES string of the molecule is CO[C@H]1/C=C/O[C@@]2(C)Oc3c(C)c(O)c4c(O)c(c5c(c4c3C2=O)=NC2(CCN(CC(C)C)CC2)N=5)NC(=O)/C(C)=C\C=C\[C@H](C)[C@H](O)[C@@H](C)[C@@H](O)[C@@H](C)[C@H](OC(C)=O)[C@@H]1C.COc1c(C)c(O)c2c(O)c3c(/C=N/N4CCN(C)CC4)c(O)c2c1C(=O)O/C=C/C(OC)C(C)C(OC(C)=O)C(C)C(O)C(C)C(O)C(C)/C=C/C=C(/C)C(=O)N3. The summed E-state index contributed by atoms with van der Waals surface area (Å²) in [6, 6.07) is 0. The number of allylic oxidation sites excluding steroid dienone is 4. The second kappa shape index (κ2) is 38.6. The zero-order valence-electron chi connectivity index (χ0n) is 72.0. The van der Waals surface area contributed by atoms with Crippen LogP contribution < -0.4 is 30.8 Å². The van der Waals surface area contributed by atoms with E-state index >= 15 is 0 Å². The number of nitrogens with zero attached hydrogens (tertiary/aromatic N) is 6. The molecular weight excluding hydrogens is 1540 g/mol. The second-order valence-electron chi connectivity index (χ2n) is 33.2. The Hall–Kier alpha value is -9.99. The van der Waals surface area contributed by atoms with Crippen LogP contribution in [0.2, 0.25) is 0 Å². The average Bonchev–Trinajstić information content (AvgIpc) is 1.58. The molecule has 31 heteroatoms. The number of rotatable bonds is 9. The monoisotopic (exact) mass is 1660 g/mol. The molecule has 1 spiro atoms. The molecule has 0 aliphatic carbocycles. The molecule has 2 amide bonds. The van der Waals surface area contributed by atoms with Crippen molar-refractivity contribution < 1.29 is 113 Å². The van der Waals surface area contributed by atoms with Crippen molar-refractivity contribution in [1.82, 2.24) is 14.8 Å². The molecule has 17 atom stereocenters. The Kier molecular flexibility index (Phi) is 30.1. The summed E-state index contributed by atoms with van der Waals surface area (Å²) in [4.78, 5) is 95.9. The number of piperazine rings is 1. The number of Topliss-reactive ketones (excluding diaryl/α,β-unsaturated/α-hetero) is 1. The second-order valence-corrected chi connectivity index (χ2v) is 33.2. The van der Waals surface area contributed by atoms with Crippen LogP contribution in [0.1, 0.15) is 154 Å². The maximum atomic E-state index is 14.7. The zero-order valence-corrected chi connectivity index (χ0v) is 72.0. The van der Waals surface area contributed by atoms with Crippen LogP contribution in [-0.2, 0) is 47.6 Å². The summed E-state index contributed by atoms with van der Waals surface area (Å²) in [6.45, 7) is 33.1. The summed E-state index contributed by atoms with van der Waals surface area (Å²) < 4.78 is 46.6. The van der Waals surface area contributed by atoms with E-state index < -0.39 is 166 Å². The number of phenolic OH excluding ortho intramolecular Hbond substituents is 5. The lowest BCUT2D eigenvalue weighted by molar-refractivity contribution is -0.161. The van der Waals surface area contributed by atoms with E-state index in [-0.39, 0.29) is 99.8 Å². The number of methoxy groups -OCH3 is 3. The van der Waals surface area contributed by atoms with Gasteiger partial charge in [-0.25, -0.2) is 4.79 Å². The Morgan fingerprint density at radius 2 is 1.08 bits per heavy atom. The van der Waals surface area contributed by atoms with Gasteiger partial charge in [0.1, 0.15) is 57.6 Å². The third-order valence-electron chi connectivity index (χ3n) is 24.1. The van der Waals surface area contributed by atoms with E-state index in [1.54, 1.807) is 111 Å². The van der Waals surface area contributed by atoms with Gasteiger partial charge in [0.05, 0.1) is 101 Å². The van der Waals surface area contributed by atoms with Crippen molar-refractivity contribution in [2.24, 2.45) is 68.3 Å². The van der Waals surface area contributed by atoms with Gasteiger partial charge >= 0.3 is 23.7 Å². The molecule has 4 aromatic carbocycles. The van der Waals surface area contributed by atoms with Crippen molar-refractivity contribution in [3.8, 4) is 40.2 Å². The molecule has 650 valence electrons. The summed E-state index contributed by atoms with van der Waals surface area (Å²) in [5, 5.41) is 117. The van der Waals surface area contributed by atoms with Gasteiger partial charge in [0.2, 0.25) is 0 Å². The molecule has 0 radical (unpaired) electrons. The third kappa shape index (κ3) is 19.6. The number of carbonyl (C=O) groups is 6. The Morgan fingerprint density at radius 1 is 0.597 bits per heavy atom. The van der Waals surface area contributed by atoms with Crippen molar-refractivity contribution in [3.63, 3.8) is 0 Å². The Balaban J connectivity index is 0.000000272. The van der Waals surface area contributed by atoms with Gasteiger partial charge in [-0.05, 0) is 52.8 Å². The number of ketones is 1. The molecular formula is C88H120N8O23. The summed E-state index contributed by atoms with van der Waals surface area (Å²) in [6.07, 6.45) is 9.54. The highest BCUT2D eigenvalue weighted by molar-refractivity contribution is 6.21. The number of ether oxygens (including phenoxy) is 8. The van der Waals surface area contributed by atoms with Gasteiger partial charge < -0.3 is 104 Å². The first-order valence-corrected chi connectivity index (χ1v) is 40.5. The number of aliphatic hydroxyl groups is 4. The number of fused-ring (bicyclic) bond motifs is 16. The highest BCUT2D eigenvalue weighted by Crippen LogP contribution is 2.54. The summed E-state index contributed by atoms with van der Waals surface area (Å²) in [7, 11) is 6.11. The number of piperidine rings is 1. The molecule has 4 aromatic rings. The molecule has 7 heterocycles. The number of aromatic hydroxyl groups is 5. The van der Waals surface area contributed by atoms with Gasteiger partial charge in [0.15, 0.2) is 17.2 Å². The van der Waals surface area contributed by atoms with Gasteiger partial charge in [-0.15, -0.1) is 0 Å². The number of likely N-dealkylation sites (N-methyl/N-ethyl adjacent to an activating group) is 1. The lowest BCUT2D eigenvalue weighted by Gasteiger charge is -2.38. The van der Waals surface area contributed by atoms with E-state index in [4.69, 9.17) is 47.9 Å². The first kappa shape index (κ1) is 92.9. The van der Waals surface area contributed by atoms with Crippen molar-refractivity contribution >= 4 is 74.6 Å². The lowest BCUT2D eigenvalue weighted by Crippen LogP contribution is -2.46. The van der Waals surface area contributed by atoms with E-state index in [0.29, 0.717) is 58.0 Å². The van der Waals surface area contributed by atoms with Crippen LogP contribution in [0.25, 0.3) is 21.5 Å². The first-order chi connectivity index (χ1) is 56.0. The van der Waals surface area contributed by atoms with E-state index in [0.717, 1.165) is 12.8 Å². The molecule has 8 bridgehead atoms. The molecule has 11 N–H and O–H groups in total. The number of carbonyl (C=O) groups excluding carboxylic acids is 6. The number of amides is 2. The summed E-state index contributed by atoms with van der Waals surface area (Å²) in [5.74, 6) is -13.3. The molecule has 31 nitrogen and oxygen atoms in total. The fraction of sp³-hybridized carbons (Fsp3) is 0.557. The van der Waals surface area contributed by atoms with E-state index in [9.17, 15) is 74.7 Å². The number of hydrazone groups is 1. The van der Waals surface area contributed by atoms with E-state index in [1.807, 2.05) is 7.05 Å². The molecule has 119 heavy (non-hydrogen) atoms. The largest absolute Gasteiger partial charge is 0.507 e. The Bertz CT molecular complexity index is 4860. The van der Waals surface area contributed by atoms with Crippen LogP contribution in [0, 0.1) is 67.1 Å². The van der Waals surface area contributed by atoms with Crippen molar-refractivity contribution in [2.45, 2.75) is 191 Å². The van der Waals surface area contributed by atoms with Gasteiger partial charge in [0, 0.05) is 169 Å². The predicted octanol–water partition coefficient (Wildman–Crippen LogP) is 8.94. The van der Waals surface area contributed by atoms with E-state index in [2.05, 4.69) is 39.4 Å². The molecule has 0 saturated carbocycles. The standard InChI is InChI=1S/C46H62N4O11.C42H58N4O12/c1-22(2)21-50-18-16-46(17-19-50)48-34-31-32-39(54)28(8)42-33(31)43(56)45(10,61-42)59-20-15-30(58-11)25(5)41(60-29(9)51)27(7)38(53)26(6)37(52)23(3)13-12-14-24(4)44(57)47-36(40(32)55)35(34)49-46;1-21-12-11-13-22(2)41(53)44-33-28(20-43-46-17-15-45(8)16-18-46)37(51)30-31(38(33)52)36(50)26(6)40(56-10)32(30)42(54)57-19-14-29(55-9)23(3)39(58-27(7)47)25(5)35(49)24(4)34(21)48/h12-15,20,22-23,25-27,30,37-38,41,52-55H,16-19,21H2,1-11H3,(H,47,57);11-14,19-21,23-25,29,34-35,39,48-52H,15-18H2,1-10H3,(H,44,53)/b13-12+,20-15+,24-14-;12-11+,19-14+,22-13-,43-20+/t23-,25+,26+,27+,30-,37-,38+,41+,45-;/m0./s1. The van der Waals surface area contributed by atoms with Gasteiger partial charge in [-0.3, -0.25) is 39.0 Å². The molecule has 8 unspecified atom stereocenters. The minimum atomic E-state index is -1.96. The van der Waals surface area contributed by atoms with E-state index in [1.165, 1.54) is 80.6 Å². The highest BCUT2D eigenvalue weighted by Gasteiger charge is 2.51. The summed E-state index contributed by atoms with van der Waals surface area (Å²) in [5.41, 5.74) is -1.20. The number of anilines is 2. The number of esters is 3. The normalized spacial score (nSPS) is 31.0. The lowest BCUT2D eigenvalue weighted by atomic mass is 9.78. The zero-order chi connectivity index (χ0) is 88.0. The number of phenols is 5. The van der Waals surface area contributed by atoms with Gasteiger partial charge in [0.25, 0.3) is 17.6 Å². The predicted molar refractivity (Wildman–Crippen MR) is 446 cm³/mol.